The van der Waals surface area contributed by atoms with Crippen LogP contribution in [0.1, 0.15) is 12.8 Å². The fraction of sp³-hybridized carbons (Fsp3) is 0.167. The SMILES string of the molecule is [C-]#[N+]c1ccc(-c2ccc(OC3CCC(=O)NC3=O)cc2)cc1. The Morgan fingerprint density at radius 1 is 1.00 bits per heavy atom. The predicted molar refractivity (Wildman–Crippen MR) is 84.9 cm³/mol. The molecule has 1 N–H and O–H groups in total. The topological polar surface area (TPSA) is 59.8 Å². The first-order valence-corrected chi connectivity index (χ1v) is 7.24. The zero-order valence-corrected chi connectivity index (χ0v) is 12.3. The molecule has 0 aliphatic carbocycles. The minimum absolute atomic E-state index is 0.256. The van der Waals surface area contributed by atoms with Crippen LogP contribution in [0.15, 0.2) is 48.5 Å². The Hall–Kier alpha value is -3.13. The number of ether oxygens (including phenoxy) is 1. The second kappa shape index (κ2) is 6.32. The number of hydrogen-bond donors (Lipinski definition) is 1. The monoisotopic (exact) mass is 306 g/mol. The van der Waals surface area contributed by atoms with Crippen LogP contribution in [-0.4, -0.2) is 17.9 Å². The van der Waals surface area contributed by atoms with Crippen molar-refractivity contribution in [1.29, 1.82) is 0 Å². The van der Waals surface area contributed by atoms with E-state index in [1.165, 1.54) is 0 Å². The summed E-state index contributed by atoms with van der Waals surface area (Å²) in [6.07, 6.45) is 0.0587. The molecule has 3 rings (SSSR count). The summed E-state index contributed by atoms with van der Waals surface area (Å²) in [7, 11) is 0. The van der Waals surface area contributed by atoms with Crippen LogP contribution in [0.25, 0.3) is 16.0 Å². The van der Waals surface area contributed by atoms with E-state index in [4.69, 9.17) is 11.3 Å². The van der Waals surface area contributed by atoms with Gasteiger partial charge in [0.2, 0.25) is 5.91 Å². The van der Waals surface area contributed by atoms with Crippen molar-refractivity contribution in [2.45, 2.75) is 18.9 Å². The molecule has 5 nitrogen and oxygen atoms in total. The van der Waals surface area contributed by atoms with Crippen LogP contribution in [0.3, 0.4) is 0 Å². The molecule has 0 radical (unpaired) electrons. The van der Waals surface area contributed by atoms with Crippen LogP contribution in [-0.2, 0) is 9.59 Å². The highest BCUT2D eigenvalue weighted by atomic mass is 16.5. The van der Waals surface area contributed by atoms with E-state index in [0.29, 0.717) is 24.3 Å². The summed E-state index contributed by atoms with van der Waals surface area (Å²) in [5, 5.41) is 2.27. The number of nitrogens with one attached hydrogen (secondary N) is 1. The molecule has 1 fully saturated rings. The van der Waals surface area contributed by atoms with Gasteiger partial charge in [-0.1, -0.05) is 36.4 Å². The van der Waals surface area contributed by atoms with Crippen molar-refractivity contribution in [2.75, 3.05) is 0 Å². The highest BCUT2D eigenvalue weighted by Gasteiger charge is 2.28. The Balaban J connectivity index is 1.70. The molecule has 1 aliphatic rings. The summed E-state index contributed by atoms with van der Waals surface area (Å²) in [6, 6.07) is 14.7. The van der Waals surface area contributed by atoms with E-state index in [1.54, 1.807) is 24.3 Å². The van der Waals surface area contributed by atoms with Gasteiger partial charge in [-0.05, 0) is 23.3 Å². The second-order valence-corrected chi connectivity index (χ2v) is 5.24. The van der Waals surface area contributed by atoms with Gasteiger partial charge >= 0.3 is 0 Å². The summed E-state index contributed by atoms with van der Waals surface area (Å²) in [5.41, 5.74) is 2.61. The van der Waals surface area contributed by atoms with Crippen molar-refractivity contribution in [2.24, 2.45) is 0 Å². The second-order valence-electron chi connectivity index (χ2n) is 5.24. The van der Waals surface area contributed by atoms with Gasteiger partial charge in [-0.3, -0.25) is 14.9 Å². The maximum atomic E-state index is 11.7. The number of nitrogens with zero attached hydrogens (tertiary/aromatic N) is 1. The fourth-order valence-corrected chi connectivity index (χ4v) is 2.40. The van der Waals surface area contributed by atoms with Gasteiger partial charge in [0.1, 0.15) is 5.75 Å². The average Bonchev–Trinajstić information content (AvgIpc) is 2.58. The molecule has 0 spiro atoms. The van der Waals surface area contributed by atoms with Gasteiger partial charge in [0.25, 0.3) is 5.91 Å². The molecule has 2 amide bonds. The summed E-state index contributed by atoms with van der Waals surface area (Å²) < 4.78 is 5.64. The summed E-state index contributed by atoms with van der Waals surface area (Å²) in [5.74, 6) is -0.0610. The highest BCUT2D eigenvalue weighted by Crippen LogP contribution is 2.25. The zero-order valence-electron chi connectivity index (χ0n) is 12.3. The van der Waals surface area contributed by atoms with E-state index < -0.39 is 6.10 Å². The molecule has 114 valence electrons. The normalized spacial score (nSPS) is 17.3. The standard InChI is InChI=1S/C18H14N2O3/c1-19-14-6-2-12(3-7-14)13-4-8-15(9-5-13)23-16-10-11-17(21)20-18(16)22/h2-9,16H,10-11H2,(H,20,21,22). The average molecular weight is 306 g/mol. The summed E-state index contributed by atoms with van der Waals surface area (Å²) >= 11 is 0. The molecule has 1 aliphatic heterocycles. The van der Waals surface area contributed by atoms with Crippen molar-refractivity contribution in [3.05, 3.63) is 59.9 Å². The highest BCUT2D eigenvalue weighted by molar-refractivity contribution is 5.99. The van der Waals surface area contributed by atoms with Gasteiger partial charge in [-0.25, -0.2) is 4.85 Å². The summed E-state index contributed by atoms with van der Waals surface area (Å²) in [4.78, 5) is 26.2. The van der Waals surface area contributed by atoms with Crippen LogP contribution in [0.4, 0.5) is 5.69 Å². The van der Waals surface area contributed by atoms with E-state index >= 15 is 0 Å². The number of hydrogen-bond acceptors (Lipinski definition) is 3. The lowest BCUT2D eigenvalue weighted by Crippen LogP contribution is -2.46. The molecule has 1 unspecified atom stereocenters. The van der Waals surface area contributed by atoms with Gasteiger partial charge in [0.05, 0.1) is 6.57 Å². The first-order valence-electron chi connectivity index (χ1n) is 7.24. The lowest BCUT2D eigenvalue weighted by atomic mass is 10.1. The van der Waals surface area contributed by atoms with Gasteiger partial charge in [0, 0.05) is 12.8 Å². The van der Waals surface area contributed by atoms with E-state index in [-0.39, 0.29) is 11.8 Å². The van der Waals surface area contributed by atoms with Crippen LogP contribution < -0.4 is 10.1 Å². The third-order valence-electron chi connectivity index (χ3n) is 3.65. The number of amides is 2. The third kappa shape index (κ3) is 3.38. The predicted octanol–water partition coefficient (Wildman–Crippen LogP) is 3.09. The van der Waals surface area contributed by atoms with Crippen LogP contribution in [0, 0.1) is 6.57 Å². The zero-order chi connectivity index (χ0) is 16.2. The third-order valence-corrected chi connectivity index (χ3v) is 3.65. The molecule has 1 atom stereocenters. The van der Waals surface area contributed by atoms with Gasteiger partial charge in [-0.15, -0.1) is 0 Å². The van der Waals surface area contributed by atoms with Crippen molar-refractivity contribution in [1.82, 2.24) is 5.32 Å². The van der Waals surface area contributed by atoms with Gasteiger partial charge in [-0.2, -0.15) is 0 Å². The van der Waals surface area contributed by atoms with Crippen molar-refractivity contribution in [3.63, 3.8) is 0 Å². The summed E-state index contributed by atoms with van der Waals surface area (Å²) in [6.45, 7) is 6.95. The van der Waals surface area contributed by atoms with Gasteiger partial charge in [0.15, 0.2) is 11.8 Å². The van der Waals surface area contributed by atoms with E-state index in [9.17, 15) is 9.59 Å². The van der Waals surface area contributed by atoms with E-state index in [0.717, 1.165) is 11.1 Å². The molecule has 0 aromatic heterocycles. The Morgan fingerprint density at radius 3 is 2.17 bits per heavy atom. The number of imide groups is 1. The molecule has 0 saturated carbocycles. The molecule has 1 heterocycles. The van der Waals surface area contributed by atoms with Gasteiger partial charge < -0.3 is 4.74 Å². The molecular formula is C18H14N2O3. The van der Waals surface area contributed by atoms with Crippen LogP contribution in [0.2, 0.25) is 0 Å². The largest absolute Gasteiger partial charge is 0.481 e. The lowest BCUT2D eigenvalue weighted by Gasteiger charge is -2.22. The fourth-order valence-electron chi connectivity index (χ4n) is 2.40. The minimum atomic E-state index is -0.628. The Bertz CT molecular complexity index is 773. The smallest absolute Gasteiger partial charge is 0.267 e. The van der Waals surface area contributed by atoms with Crippen molar-refractivity contribution >= 4 is 17.5 Å². The number of benzene rings is 2. The molecule has 0 bridgehead atoms. The lowest BCUT2D eigenvalue weighted by molar-refractivity contribution is -0.138. The number of piperidine rings is 1. The molecule has 1 saturated heterocycles. The van der Waals surface area contributed by atoms with Crippen molar-refractivity contribution < 1.29 is 14.3 Å². The Morgan fingerprint density at radius 2 is 1.61 bits per heavy atom. The van der Waals surface area contributed by atoms with E-state index in [2.05, 4.69) is 10.2 Å². The number of carbonyl (C=O) groups is 2. The first kappa shape index (κ1) is 14.8. The van der Waals surface area contributed by atoms with Crippen LogP contribution in [0.5, 0.6) is 5.75 Å². The Labute approximate surface area is 133 Å². The number of rotatable bonds is 3. The molecule has 23 heavy (non-hydrogen) atoms. The molecule has 2 aromatic carbocycles. The number of carbonyl (C=O) groups excluding carboxylic acids is 2. The molecular weight excluding hydrogens is 292 g/mol. The first-order chi connectivity index (χ1) is 11.2. The quantitative estimate of drug-likeness (QED) is 0.700. The minimum Gasteiger partial charge on any atom is -0.481 e. The van der Waals surface area contributed by atoms with Crippen LogP contribution >= 0.6 is 0 Å². The molecule has 5 heteroatoms. The molecule has 2 aromatic rings. The van der Waals surface area contributed by atoms with E-state index in [1.807, 2.05) is 24.3 Å². The maximum absolute atomic E-state index is 11.7. The Kier molecular flexibility index (Phi) is 4.07. The maximum Gasteiger partial charge on any atom is 0.267 e. The van der Waals surface area contributed by atoms with Crippen molar-refractivity contribution in [3.8, 4) is 16.9 Å².